The third kappa shape index (κ3) is 9.88. The maximum atomic E-state index is 8.42. The number of hydrogen-bond donors (Lipinski definition) is 2. The lowest BCUT2D eigenvalue weighted by Gasteiger charge is -2.07. The first kappa shape index (κ1) is 10.9. The monoisotopic (exact) mass is 161 g/mol. The van der Waals surface area contributed by atoms with E-state index in [-0.39, 0.29) is 6.61 Å². The highest BCUT2D eigenvalue weighted by Gasteiger charge is 1.91. The summed E-state index contributed by atoms with van der Waals surface area (Å²) in [4.78, 5) is 0. The Kier molecular flexibility index (Phi) is 7.89. The van der Waals surface area contributed by atoms with Crippen molar-refractivity contribution in [2.24, 2.45) is 0 Å². The Balaban J connectivity index is 2.80. The molecule has 0 aliphatic heterocycles. The molecule has 3 nitrogen and oxygen atoms in total. The summed E-state index contributed by atoms with van der Waals surface area (Å²) in [6.45, 7) is 6.68. The van der Waals surface area contributed by atoms with Gasteiger partial charge in [-0.3, -0.25) is 0 Å². The Labute approximate surface area is 68.8 Å². The Hall–Kier alpha value is -0.120. The van der Waals surface area contributed by atoms with Crippen molar-refractivity contribution in [2.75, 3.05) is 26.3 Å². The normalized spacial score (nSPS) is 10.9. The summed E-state index contributed by atoms with van der Waals surface area (Å²) in [6, 6.07) is 0. The fourth-order valence-electron chi connectivity index (χ4n) is 0.720. The number of nitrogens with one attached hydrogen (secondary N) is 1. The lowest BCUT2D eigenvalue weighted by atomic mass is 10.4. The second-order valence-corrected chi connectivity index (χ2v) is 2.75. The maximum Gasteiger partial charge on any atom is 0.0555 e. The van der Waals surface area contributed by atoms with Crippen LogP contribution in [-0.2, 0) is 4.74 Å². The van der Waals surface area contributed by atoms with E-state index < -0.39 is 0 Å². The molecule has 0 spiro atoms. The van der Waals surface area contributed by atoms with Gasteiger partial charge in [0.15, 0.2) is 0 Å². The molecule has 0 bridgehead atoms. The Morgan fingerprint density at radius 2 is 2.09 bits per heavy atom. The van der Waals surface area contributed by atoms with Gasteiger partial charge < -0.3 is 15.2 Å². The SMILES string of the molecule is CC(C)OCCCNCCO. The Morgan fingerprint density at radius 1 is 1.36 bits per heavy atom. The molecule has 68 valence electrons. The van der Waals surface area contributed by atoms with Crippen molar-refractivity contribution < 1.29 is 9.84 Å². The van der Waals surface area contributed by atoms with Crippen molar-refractivity contribution >= 4 is 0 Å². The van der Waals surface area contributed by atoms with E-state index in [0.717, 1.165) is 19.6 Å². The zero-order valence-electron chi connectivity index (χ0n) is 7.47. The van der Waals surface area contributed by atoms with E-state index in [1.54, 1.807) is 0 Å². The van der Waals surface area contributed by atoms with Crippen LogP contribution >= 0.6 is 0 Å². The standard InChI is InChI=1S/C8H19NO2/c1-8(2)11-7-3-4-9-5-6-10/h8-10H,3-7H2,1-2H3. The smallest absolute Gasteiger partial charge is 0.0555 e. The zero-order chi connectivity index (χ0) is 8.53. The van der Waals surface area contributed by atoms with Crippen LogP contribution in [0.3, 0.4) is 0 Å². The van der Waals surface area contributed by atoms with Crippen molar-refractivity contribution in [1.29, 1.82) is 0 Å². The third-order valence-electron chi connectivity index (χ3n) is 1.24. The molecule has 0 aromatic heterocycles. The number of aliphatic hydroxyl groups excluding tert-OH is 1. The van der Waals surface area contributed by atoms with Crippen LogP contribution in [0.15, 0.2) is 0 Å². The number of ether oxygens (including phenoxy) is 1. The van der Waals surface area contributed by atoms with Crippen LogP contribution in [0.25, 0.3) is 0 Å². The molecule has 0 rings (SSSR count). The van der Waals surface area contributed by atoms with E-state index in [0.29, 0.717) is 12.6 Å². The van der Waals surface area contributed by atoms with Gasteiger partial charge in [0.2, 0.25) is 0 Å². The molecule has 0 radical (unpaired) electrons. The first-order valence-corrected chi connectivity index (χ1v) is 4.20. The van der Waals surface area contributed by atoms with Crippen LogP contribution in [0.5, 0.6) is 0 Å². The second-order valence-electron chi connectivity index (χ2n) is 2.75. The number of rotatable bonds is 7. The predicted molar refractivity (Wildman–Crippen MR) is 45.7 cm³/mol. The van der Waals surface area contributed by atoms with Gasteiger partial charge in [0.05, 0.1) is 12.7 Å². The molecule has 0 aromatic carbocycles. The fraction of sp³-hybridized carbons (Fsp3) is 1.00. The molecule has 0 saturated carbocycles. The van der Waals surface area contributed by atoms with Crippen LogP contribution in [0.2, 0.25) is 0 Å². The van der Waals surface area contributed by atoms with Crippen LogP contribution in [0.4, 0.5) is 0 Å². The van der Waals surface area contributed by atoms with Crippen LogP contribution in [0, 0.1) is 0 Å². The minimum absolute atomic E-state index is 0.213. The highest BCUT2D eigenvalue weighted by molar-refractivity contribution is 4.46. The van der Waals surface area contributed by atoms with Crippen molar-refractivity contribution in [2.45, 2.75) is 26.4 Å². The quantitative estimate of drug-likeness (QED) is 0.530. The van der Waals surface area contributed by atoms with E-state index in [1.807, 2.05) is 13.8 Å². The van der Waals surface area contributed by atoms with Gasteiger partial charge in [-0.25, -0.2) is 0 Å². The van der Waals surface area contributed by atoms with E-state index >= 15 is 0 Å². The second kappa shape index (κ2) is 7.98. The minimum Gasteiger partial charge on any atom is -0.395 e. The van der Waals surface area contributed by atoms with E-state index in [4.69, 9.17) is 9.84 Å². The largest absolute Gasteiger partial charge is 0.395 e. The molecule has 0 heterocycles. The van der Waals surface area contributed by atoms with Crippen molar-refractivity contribution in [3.63, 3.8) is 0 Å². The molecular formula is C8H19NO2. The van der Waals surface area contributed by atoms with Gasteiger partial charge in [0.1, 0.15) is 0 Å². The molecule has 3 heteroatoms. The molecule has 0 aliphatic rings. The minimum atomic E-state index is 0.213. The molecule has 11 heavy (non-hydrogen) atoms. The third-order valence-corrected chi connectivity index (χ3v) is 1.24. The number of hydrogen-bond acceptors (Lipinski definition) is 3. The van der Waals surface area contributed by atoms with Gasteiger partial charge in [-0.2, -0.15) is 0 Å². The van der Waals surface area contributed by atoms with Gasteiger partial charge in [0, 0.05) is 13.2 Å². The van der Waals surface area contributed by atoms with Crippen LogP contribution in [-0.4, -0.2) is 37.5 Å². The predicted octanol–water partition coefficient (Wildman–Crippen LogP) is 0.383. The average molecular weight is 161 g/mol. The average Bonchev–Trinajstić information content (AvgIpc) is 1.96. The molecule has 0 atom stereocenters. The van der Waals surface area contributed by atoms with E-state index in [9.17, 15) is 0 Å². The summed E-state index contributed by atoms with van der Waals surface area (Å²) in [5, 5.41) is 11.5. The molecule has 0 saturated heterocycles. The number of aliphatic hydroxyl groups is 1. The lowest BCUT2D eigenvalue weighted by Crippen LogP contribution is -2.20. The van der Waals surface area contributed by atoms with Gasteiger partial charge in [-0.15, -0.1) is 0 Å². The Morgan fingerprint density at radius 3 is 2.64 bits per heavy atom. The summed E-state index contributed by atoms with van der Waals surface area (Å²) < 4.78 is 5.32. The van der Waals surface area contributed by atoms with Crippen LogP contribution < -0.4 is 5.32 Å². The molecule has 0 amide bonds. The van der Waals surface area contributed by atoms with Gasteiger partial charge in [-0.05, 0) is 26.8 Å². The summed E-state index contributed by atoms with van der Waals surface area (Å²) in [6.07, 6.45) is 1.34. The van der Waals surface area contributed by atoms with E-state index in [2.05, 4.69) is 5.32 Å². The first-order chi connectivity index (χ1) is 5.27. The summed E-state index contributed by atoms with van der Waals surface area (Å²) in [5.74, 6) is 0. The lowest BCUT2D eigenvalue weighted by molar-refractivity contribution is 0.0769. The van der Waals surface area contributed by atoms with Crippen molar-refractivity contribution in [3.8, 4) is 0 Å². The van der Waals surface area contributed by atoms with Gasteiger partial charge >= 0.3 is 0 Å². The van der Waals surface area contributed by atoms with Gasteiger partial charge in [-0.1, -0.05) is 0 Å². The Bertz CT molecular complexity index is 76.5. The topological polar surface area (TPSA) is 41.5 Å². The molecular weight excluding hydrogens is 142 g/mol. The van der Waals surface area contributed by atoms with Crippen LogP contribution in [0.1, 0.15) is 20.3 Å². The molecule has 0 fully saturated rings. The van der Waals surface area contributed by atoms with Crippen molar-refractivity contribution in [3.05, 3.63) is 0 Å². The highest BCUT2D eigenvalue weighted by atomic mass is 16.5. The maximum absolute atomic E-state index is 8.42. The first-order valence-electron chi connectivity index (χ1n) is 4.20. The highest BCUT2D eigenvalue weighted by Crippen LogP contribution is 1.88. The summed E-state index contributed by atoms with van der Waals surface area (Å²) in [5.41, 5.74) is 0. The molecule has 0 aliphatic carbocycles. The van der Waals surface area contributed by atoms with Gasteiger partial charge in [0.25, 0.3) is 0 Å². The molecule has 0 unspecified atom stereocenters. The molecule has 2 N–H and O–H groups in total. The van der Waals surface area contributed by atoms with E-state index in [1.165, 1.54) is 0 Å². The van der Waals surface area contributed by atoms with Crippen molar-refractivity contribution in [1.82, 2.24) is 5.32 Å². The summed E-state index contributed by atoms with van der Waals surface area (Å²) in [7, 11) is 0. The fourth-order valence-corrected chi connectivity index (χ4v) is 0.720. The zero-order valence-corrected chi connectivity index (χ0v) is 7.47. The molecule has 0 aromatic rings. The summed E-state index contributed by atoms with van der Waals surface area (Å²) >= 11 is 0.